The number of hydrogen-bond acceptors (Lipinski definition) is 7. The van der Waals surface area contributed by atoms with Crippen LogP contribution in [0.4, 0.5) is 5.82 Å². The van der Waals surface area contributed by atoms with E-state index >= 15 is 0 Å². The van der Waals surface area contributed by atoms with E-state index in [1.165, 1.54) is 19.4 Å². The van der Waals surface area contributed by atoms with Crippen molar-refractivity contribution in [2.45, 2.75) is 26.4 Å². The molecule has 1 aliphatic rings. The monoisotopic (exact) mass is 470 g/mol. The number of anilines is 1. The number of benzene rings is 1. The number of aromatic nitrogens is 5. The molecule has 176 valence electrons. The first-order valence-electron chi connectivity index (χ1n) is 11.0. The minimum absolute atomic E-state index is 0.0314. The highest BCUT2D eigenvalue weighted by atomic mass is 16.5. The molecule has 0 saturated carbocycles. The van der Waals surface area contributed by atoms with E-state index in [1.54, 1.807) is 23.4 Å². The SMILES string of the molecule is COc1ncc(-c2ccc3c(c2)C(=O)N(c2cccc(-c4nncn4C(C)C)n2)C3)cc1C(=O)O. The van der Waals surface area contributed by atoms with Gasteiger partial charge in [0.2, 0.25) is 5.88 Å². The fourth-order valence-electron chi connectivity index (χ4n) is 4.09. The summed E-state index contributed by atoms with van der Waals surface area (Å²) in [4.78, 5) is 35.3. The second-order valence-electron chi connectivity index (χ2n) is 8.39. The van der Waals surface area contributed by atoms with Gasteiger partial charge in [-0.3, -0.25) is 9.69 Å². The summed E-state index contributed by atoms with van der Waals surface area (Å²) in [7, 11) is 1.37. The highest BCUT2D eigenvalue weighted by Crippen LogP contribution is 2.33. The number of aromatic carboxylic acids is 1. The van der Waals surface area contributed by atoms with Crippen LogP contribution in [0.3, 0.4) is 0 Å². The van der Waals surface area contributed by atoms with E-state index in [1.807, 2.05) is 42.7 Å². The summed E-state index contributed by atoms with van der Waals surface area (Å²) < 4.78 is 6.96. The van der Waals surface area contributed by atoms with Gasteiger partial charge in [-0.15, -0.1) is 10.2 Å². The van der Waals surface area contributed by atoms with Gasteiger partial charge in [-0.1, -0.05) is 18.2 Å². The molecule has 1 aromatic carbocycles. The normalized spacial score (nSPS) is 12.8. The molecule has 0 unspecified atom stereocenters. The molecule has 0 aliphatic carbocycles. The molecule has 1 amide bonds. The molecular weight excluding hydrogens is 448 g/mol. The second kappa shape index (κ2) is 8.64. The summed E-state index contributed by atoms with van der Waals surface area (Å²) in [6.07, 6.45) is 3.19. The van der Waals surface area contributed by atoms with Gasteiger partial charge < -0.3 is 14.4 Å². The molecule has 0 atom stereocenters. The number of carbonyl (C=O) groups excluding carboxylic acids is 1. The highest BCUT2D eigenvalue weighted by Gasteiger charge is 2.30. The molecule has 0 fully saturated rings. The minimum atomic E-state index is -1.14. The fourth-order valence-corrected chi connectivity index (χ4v) is 4.09. The van der Waals surface area contributed by atoms with Crippen molar-refractivity contribution in [3.63, 3.8) is 0 Å². The third-order valence-electron chi connectivity index (χ3n) is 5.89. The first-order valence-corrected chi connectivity index (χ1v) is 11.0. The molecule has 3 aromatic heterocycles. The molecule has 0 bridgehead atoms. The third kappa shape index (κ3) is 3.88. The van der Waals surface area contributed by atoms with Crippen molar-refractivity contribution >= 4 is 17.7 Å². The lowest BCUT2D eigenvalue weighted by atomic mass is 10.0. The van der Waals surface area contributed by atoms with E-state index in [0.717, 1.165) is 5.56 Å². The molecule has 10 nitrogen and oxygen atoms in total. The molecule has 1 aliphatic heterocycles. The van der Waals surface area contributed by atoms with Gasteiger partial charge in [0.05, 0.1) is 13.7 Å². The van der Waals surface area contributed by atoms with Crippen LogP contribution in [0, 0.1) is 0 Å². The van der Waals surface area contributed by atoms with Crippen LogP contribution < -0.4 is 9.64 Å². The maximum Gasteiger partial charge on any atom is 0.341 e. The van der Waals surface area contributed by atoms with Gasteiger partial charge in [-0.2, -0.15) is 0 Å². The lowest BCUT2D eigenvalue weighted by Crippen LogP contribution is -2.24. The zero-order chi connectivity index (χ0) is 24.7. The predicted molar refractivity (Wildman–Crippen MR) is 127 cm³/mol. The van der Waals surface area contributed by atoms with Crippen molar-refractivity contribution in [2.24, 2.45) is 0 Å². The summed E-state index contributed by atoms with van der Waals surface area (Å²) in [5.74, 6) is -0.142. The average molecular weight is 470 g/mol. The number of amides is 1. The third-order valence-corrected chi connectivity index (χ3v) is 5.89. The van der Waals surface area contributed by atoms with E-state index < -0.39 is 5.97 Å². The number of ether oxygens (including phenoxy) is 1. The number of carbonyl (C=O) groups is 2. The van der Waals surface area contributed by atoms with Crippen LogP contribution in [-0.4, -0.2) is 48.8 Å². The Labute approximate surface area is 200 Å². The number of carboxylic acid groups (broad SMARTS) is 1. The number of carboxylic acids is 1. The number of fused-ring (bicyclic) bond motifs is 1. The standard InChI is InChI=1S/C25H22N6O4/c1-14(2)31-13-27-29-22(31)20-5-4-6-21(28-20)30-12-16-8-7-15(9-18(16)24(30)32)17-10-19(25(33)34)23(35-3)26-11-17/h4-11,13-14H,12H2,1-3H3,(H,33,34). The molecule has 5 rings (SSSR count). The number of hydrogen-bond donors (Lipinski definition) is 1. The van der Waals surface area contributed by atoms with Gasteiger partial charge in [0.25, 0.3) is 5.91 Å². The Morgan fingerprint density at radius 3 is 2.71 bits per heavy atom. The Balaban J connectivity index is 1.47. The first kappa shape index (κ1) is 22.2. The molecular formula is C25H22N6O4. The number of methoxy groups -OCH3 is 1. The summed E-state index contributed by atoms with van der Waals surface area (Å²) in [5.41, 5.74) is 3.23. The van der Waals surface area contributed by atoms with Crippen molar-refractivity contribution in [3.8, 4) is 28.5 Å². The van der Waals surface area contributed by atoms with Crippen LogP contribution >= 0.6 is 0 Å². The molecule has 10 heteroatoms. The molecule has 0 spiro atoms. The Hall–Kier alpha value is -4.60. The molecule has 0 radical (unpaired) electrons. The minimum Gasteiger partial charge on any atom is -0.480 e. The lowest BCUT2D eigenvalue weighted by molar-refractivity contribution is 0.0692. The van der Waals surface area contributed by atoms with Crippen LogP contribution in [0.15, 0.2) is 55.0 Å². The number of rotatable bonds is 6. The quantitative estimate of drug-likeness (QED) is 0.451. The van der Waals surface area contributed by atoms with Gasteiger partial charge in [-0.25, -0.2) is 14.8 Å². The lowest BCUT2D eigenvalue weighted by Gasteiger charge is -2.16. The maximum absolute atomic E-state index is 13.4. The van der Waals surface area contributed by atoms with E-state index in [2.05, 4.69) is 15.2 Å². The molecule has 4 aromatic rings. The Bertz CT molecular complexity index is 1460. The molecule has 4 heterocycles. The molecule has 1 N–H and O–H groups in total. The summed E-state index contributed by atoms with van der Waals surface area (Å²) in [5, 5.41) is 17.7. The van der Waals surface area contributed by atoms with Crippen molar-refractivity contribution in [2.75, 3.05) is 12.0 Å². The predicted octanol–water partition coefficient (Wildman–Crippen LogP) is 3.85. The average Bonchev–Trinajstić information content (AvgIpc) is 3.49. The van der Waals surface area contributed by atoms with Gasteiger partial charge in [0.1, 0.15) is 23.4 Å². The van der Waals surface area contributed by atoms with Crippen molar-refractivity contribution < 1.29 is 19.4 Å². The topological polar surface area (TPSA) is 123 Å². The van der Waals surface area contributed by atoms with Gasteiger partial charge in [0, 0.05) is 23.4 Å². The van der Waals surface area contributed by atoms with E-state index in [0.29, 0.717) is 40.6 Å². The zero-order valence-corrected chi connectivity index (χ0v) is 19.3. The second-order valence-corrected chi connectivity index (χ2v) is 8.39. The van der Waals surface area contributed by atoms with Crippen LogP contribution in [-0.2, 0) is 6.54 Å². The van der Waals surface area contributed by atoms with Crippen LogP contribution in [0.2, 0.25) is 0 Å². The summed E-state index contributed by atoms with van der Waals surface area (Å²) >= 11 is 0. The zero-order valence-electron chi connectivity index (χ0n) is 19.3. The largest absolute Gasteiger partial charge is 0.480 e. The van der Waals surface area contributed by atoms with Gasteiger partial charge in [0.15, 0.2) is 5.82 Å². The number of pyridine rings is 2. The Morgan fingerprint density at radius 1 is 1.14 bits per heavy atom. The van der Waals surface area contributed by atoms with Gasteiger partial charge in [-0.05, 0) is 49.2 Å². The van der Waals surface area contributed by atoms with Crippen LogP contribution in [0.25, 0.3) is 22.6 Å². The van der Waals surface area contributed by atoms with E-state index in [9.17, 15) is 14.7 Å². The van der Waals surface area contributed by atoms with Crippen molar-refractivity contribution in [1.82, 2.24) is 24.7 Å². The summed E-state index contributed by atoms with van der Waals surface area (Å²) in [6, 6.07) is 12.6. The fraction of sp³-hybridized carbons (Fsp3) is 0.200. The number of nitrogens with zero attached hydrogens (tertiary/aromatic N) is 6. The highest BCUT2D eigenvalue weighted by molar-refractivity contribution is 6.10. The smallest absolute Gasteiger partial charge is 0.341 e. The Morgan fingerprint density at radius 2 is 1.97 bits per heavy atom. The maximum atomic E-state index is 13.4. The van der Waals surface area contributed by atoms with Crippen LogP contribution in [0.1, 0.15) is 46.2 Å². The van der Waals surface area contributed by atoms with Gasteiger partial charge >= 0.3 is 5.97 Å². The molecule has 0 saturated heterocycles. The van der Waals surface area contributed by atoms with E-state index in [4.69, 9.17) is 9.72 Å². The van der Waals surface area contributed by atoms with E-state index in [-0.39, 0.29) is 23.4 Å². The van der Waals surface area contributed by atoms with Crippen LogP contribution in [0.5, 0.6) is 5.88 Å². The van der Waals surface area contributed by atoms with Crippen molar-refractivity contribution in [1.29, 1.82) is 0 Å². The molecule has 35 heavy (non-hydrogen) atoms. The first-order chi connectivity index (χ1) is 16.9. The Kier molecular flexibility index (Phi) is 5.48. The van der Waals surface area contributed by atoms with Crippen molar-refractivity contribution in [3.05, 3.63) is 71.7 Å². The summed E-state index contributed by atoms with van der Waals surface area (Å²) in [6.45, 7) is 4.45.